The first-order valence-corrected chi connectivity index (χ1v) is 6.52. The molecule has 0 aromatic rings. The monoisotopic (exact) mass is 316 g/mol. The molecule has 0 heterocycles. The summed E-state index contributed by atoms with van der Waals surface area (Å²) in [6, 6.07) is 0. The molecule has 0 aromatic carbocycles. The average molecular weight is 316 g/mol. The Morgan fingerprint density at radius 1 is 1.00 bits per heavy atom. The van der Waals surface area contributed by atoms with E-state index in [4.69, 9.17) is 4.74 Å². The van der Waals surface area contributed by atoms with E-state index in [-0.39, 0.29) is 18.8 Å². The average Bonchev–Trinajstić information content (AvgIpc) is 2.24. The molecule has 0 saturated heterocycles. The first-order chi connectivity index (χ1) is 9.25. The molecule has 1 rings (SSSR count). The number of rotatable bonds is 3. The van der Waals surface area contributed by atoms with Crippen molar-refractivity contribution in [2.75, 3.05) is 0 Å². The smallest absolute Gasteiger partial charge is 0.427 e. The molecule has 0 spiro atoms. The predicted octanol–water partition coefficient (Wildman–Crippen LogP) is 5.54. The van der Waals surface area contributed by atoms with Crippen LogP contribution in [0.25, 0.3) is 0 Å². The Kier molecular flexibility index (Phi) is 4.75. The molecular formula is C14H18F6O. The summed E-state index contributed by atoms with van der Waals surface area (Å²) in [5.74, 6) is -0.771. The number of hydrogen-bond donors (Lipinski definition) is 0. The van der Waals surface area contributed by atoms with Gasteiger partial charge < -0.3 is 4.74 Å². The van der Waals surface area contributed by atoms with Crippen LogP contribution in [0.3, 0.4) is 0 Å². The second-order valence-electron chi connectivity index (χ2n) is 5.82. The van der Waals surface area contributed by atoms with Crippen molar-refractivity contribution >= 4 is 0 Å². The molecule has 0 N–H and O–H groups in total. The van der Waals surface area contributed by atoms with Crippen molar-refractivity contribution in [2.45, 2.75) is 58.5 Å². The summed E-state index contributed by atoms with van der Waals surface area (Å²) >= 11 is 0. The molecule has 0 radical (unpaired) electrons. The van der Waals surface area contributed by atoms with Crippen LogP contribution in [-0.2, 0) is 4.74 Å². The van der Waals surface area contributed by atoms with Crippen LogP contribution in [0.5, 0.6) is 0 Å². The van der Waals surface area contributed by atoms with E-state index in [9.17, 15) is 26.3 Å². The van der Waals surface area contributed by atoms with Gasteiger partial charge in [0.15, 0.2) is 5.60 Å². The summed E-state index contributed by atoms with van der Waals surface area (Å²) in [6.07, 6.45) is -8.55. The van der Waals surface area contributed by atoms with Crippen LogP contribution < -0.4 is 0 Å². The van der Waals surface area contributed by atoms with Gasteiger partial charge in [0.05, 0.1) is 5.57 Å². The summed E-state index contributed by atoms with van der Waals surface area (Å²) < 4.78 is 82.0. The molecule has 1 aliphatic rings. The first kappa shape index (κ1) is 17.9. The standard InChI is InChI=1S/C14H18F6O/c1-8(2)9-5-6-10(13(15,16)17)11(7-9)21-12(3,4)14(18,19)20/h7-8H,5-6H2,1-4H3. The highest BCUT2D eigenvalue weighted by Crippen LogP contribution is 2.42. The van der Waals surface area contributed by atoms with Crippen LogP contribution in [-0.4, -0.2) is 18.0 Å². The first-order valence-electron chi connectivity index (χ1n) is 6.52. The molecule has 1 aliphatic carbocycles. The summed E-state index contributed by atoms with van der Waals surface area (Å²) in [4.78, 5) is 0. The van der Waals surface area contributed by atoms with Crippen molar-refractivity contribution in [2.24, 2.45) is 5.92 Å². The second kappa shape index (κ2) is 5.57. The zero-order valence-electron chi connectivity index (χ0n) is 12.2. The van der Waals surface area contributed by atoms with E-state index in [0.29, 0.717) is 19.4 Å². The topological polar surface area (TPSA) is 9.23 Å². The second-order valence-corrected chi connectivity index (χ2v) is 5.82. The molecule has 0 unspecified atom stereocenters. The highest BCUT2D eigenvalue weighted by molar-refractivity contribution is 5.33. The van der Waals surface area contributed by atoms with Gasteiger partial charge in [0.2, 0.25) is 0 Å². The molecule has 0 aromatic heterocycles. The van der Waals surface area contributed by atoms with Gasteiger partial charge in [-0.3, -0.25) is 0 Å². The summed E-state index contributed by atoms with van der Waals surface area (Å²) in [5, 5.41) is 0. The van der Waals surface area contributed by atoms with Gasteiger partial charge in [-0.1, -0.05) is 19.4 Å². The third-order valence-electron chi connectivity index (χ3n) is 3.41. The van der Waals surface area contributed by atoms with E-state index in [1.54, 1.807) is 13.8 Å². The maximum atomic E-state index is 12.9. The van der Waals surface area contributed by atoms with E-state index in [1.165, 1.54) is 0 Å². The highest BCUT2D eigenvalue weighted by Gasteiger charge is 2.51. The number of allylic oxidation sites excluding steroid dienone is 3. The van der Waals surface area contributed by atoms with Gasteiger partial charge in [-0.25, -0.2) is 0 Å². The maximum absolute atomic E-state index is 12.9. The molecule has 0 saturated carbocycles. The van der Waals surface area contributed by atoms with Crippen LogP contribution >= 0.6 is 0 Å². The molecule has 0 amide bonds. The summed E-state index contributed by atoms with van der Waals surface area (Å²) in [6.45, 7) is 4.98. The van der Waals surface area contributed by atoms with Crippen LogP contribution in [0.4, 0.5) is 26.3 Å². The third-order valence-corrected chi connectivity index (χ3v) is 3.41. The Morgan fingerprint density at radius 2 is 1.52 bits per heavy atom. The van der Waals surface area contributed by atoms with Gasteiger partial charge in [-0.05, 0) is 38.7 Å². The molecule has 7 heteroatoms. The number of alkyl halides is 6. The number of hydrogen-bond acceptors (Lipinski definition) is 1. The third kappa shape index (κ3) is 4.17. The zero-order valence-corrected chi connectivity index (χ0v) is 12.2. The van der Waals surface area contributed by atoms with Gasteiger partial charge in [0.1, 0.15) is 5.76 Å². The molecule has 0 atom stereocenters. The van der Waals surface area contributed by atoms with Crippen LogP contribution in [0, 0.1) is 5.92 Å². The molecule has 0 fully saturated rings. The maximum Gasteiger partial charge on any atom is 0.427 e. The van der Waals surface area contributed by atoms with Crippen molar-refractivity contribution in [3.05, 3.63) is 23.0 Å². The lowest BCUT2D eigenvalue weighted by Gasteiger charge is -2.32. The lowest BCUT2D eigenvalue weighted by Crippen LogP contribution is -2.42. The fraction of sp³-hybridized carbons (Fsp3) is 0.714. The van der Waals surface area contributed by atoms with Gasteiger partial charge in [-0.2, -0.15) is 26.3 Å². The van der Waals surface area contributed by atoms with Gasteiger partial charge >= 0.3 is 12.4 Å². The number of halogens is 6. The molecule has 1 nitrogen and oxygen atoms in total. The minimum atomic E-state index is -4.76. The zero-order chi connectivity index (χ0) is 16.6. The highest BCUT2D eigenvalue weighted by atomic mass is 19.4. The van der Waals surface area contributed by atoms with Crippen LogP contribution in [0.2, 0.25) is 0 Å². The fourth-order valence-electron chi connectivity index (χ4n) is 1.88. The number of ether oxygens (including phenoxy) is 1. The summed E-state index contributed by atoms with van der Waals surface area (Å²) in [7, 11) is 0. The predicted molar refractivity (Wildman–Crippen MR) is 66.5 cm³/mol. The molecule has 0 aliphatic heterocycles. The summed E-state index contributed by atoms with van der Waals surface area (Å²) in [5.41, 5.74) is -3.07. The van der Waals surface area contributed by atoms with Gasteiger partial charge in [0.25, 0.3) is 0 Å². The normalized spacial score (nSPS) is 18.1. The van der Waals surface area contributed by atoms with E-state index in [0.717, 1.165) is 6.08 Å². The van der Waals surface area contributed by atoms with E-state index >= 15 is 0 Å². The SMILES string of the molecule is CC(C)C1=CC(OC(C)(C)C(F)(F)F)=C(C(F)(F)F)CC1. The minimum Gasteiger partial charge on any atom is -0.478 e. The van der Waals surface area contributed by atoms with E-state index in [2.05, 4.69) is 0 Å². The molecular weight excluding hydrogens is 298 g/mol. The molecule has 21 heavy (non-hydrogen) atoms. The van der Waals surface area contributed by atoms with Gasteiger partial charge in [0, 0.05) is 0 Å². The van der Waals surface area contributed by atoms with E-state index in [1.807, 2.05) is 0 Å². The van der Waals surface area contributed by atoms with Gasteiger partial charge in [-0.15, -0.1) is 0 Å². The Labute approximate surface area is 119 Å². The largest absolute Gasteiger partial charge is 0.478 e. The van der Waals surface area contributed by atoms with Crippen molar-refractivity contribution in [3.8, 4) is 0 Å². The van der Waals surface area contributed by atoms with Crippen LogP contribution in [0.1, 0.15) is 40.5 Å². The fourth-order valence-corrected chi connectivity index (χ4v) is 1.88. The van der Waals surface area contributed by atoms with Crippen molar-refractivity contribution < 1.29 is 31.1 Å². The Bertz CT molecular complexity index is 451. The Morgan fingerprint density at radius 3 is 1.90 bits per heavy atom. The quantitative estimate of drug-likeness (QED) is 0.621. The lowest BCUT2D eigenvalue weighted by molar-refractivity contribution is -0.251. The van der Waals surface area contributed by atoms with E-state index < -0.39 is 29.3 Å². The Hall–Kier alpha value is -1.14. The van der Waals surface area contributed by atoms with Crippen molar-refractivity contribution in [1.29, 1.82) is 0 Å². The molecule has 122 valence electrons. The van der Waals surface area contributed by atoms with Crippen molar-refractivity contribution in [1.82, 2.24) is 0 Å². The minimum absolute atomic E-state index is 0.0487. The van der Waals surface area contributed by atoms with Crippen molar-refractivity contribution in [3.63, 3.8) is 0 Å². The lowest BCUT2D eigenvalue weighted by atomic mass is 9.89. The molecule has 0 bridgehead atoms. The Balaban J connectivity index is 3.26. The van der Waals surface area contributed by atoms with Crippen LogP contribution in [0.15, 0.2) is 23.0 Å².